The van der Waals surface area contributed by atoms with Crippen LogP contribution >= 0.6 is 0 Å². The van der Waals surface area contributed by atoms with Crippen LogP contribution in [0.5, 0.6) is 0 Å². The third-order valence-corrected chi connectivity index (χ3v) is 4.91. The van der Waals surface area contributed by atoms with Gasteiger partial charge in [0.05, 0.1) is 16.9 Å². The van der Waals surface area contributed by atoms with E-state index in [1.807, 2.05) is 7.05 Å². The van der Waals surface area contributed by atoms with E-state index in [9.17, 15) is 30.8 Å². The lowest BCUT2D eigenvalue weighted by atomic mass is 10.1. The van der Waals surface area contributed by atoms with Crippen LogP contribution in [-0.4, -0.2) is 59.7 Å². The van der Waals surface area contributed by atoms with E-state index in [-0.39, 0.29) is 38.8 Å². The van der Waals surface area contributed by atoms with Crippen LogP contribution in [0.15, 0.2) is 36.4 Å². The van der Waals surface area contributed by atoms with Crippen molar-refractivity contribution >= 4 is 34.3 Å². The standard InChI is InChI=1S/C18H21N6O7/c1-20-6-8-21(9-7-20)17-15(10-14(23(28)29)11-16(17)24(30)31)18(25)19-12-2-4-13(5-3-12)22(26)27/h2-5,10-11,26,30-31H,6-9H2,1H3,(H,19,25)/q-3. The molecule has 31 heavy (non-hydrogen) atoms. The second kappa shape index (κ2) is 9.32. The Morgan fingerprint density at radius 2 is 1.58 bits per heavy atom. The molecule has 13 heteroatoms. The fourth-order valence-corrected chi connectivity index (χ4v) is 3.27. The zero-order valence-corrected chi connectivity index (χ0v) is 16.5. The number of hydrogen-bond donors (Lipinski definition) is 4. The Morgan fingerprint density at radius 3 is 2.10 bits per heavy atom. The summed E-state index contributed by atoms with van der Waals surface area (Å²) in [5, 5.41) is 63.2. The maximum absolute atomic E-state index is 13.0. The summed E-state index contributed by atoms with van der Waals surface area (Å²) in [5.41, 5.74) is -0.578. The van der Waals surface area contributed by atoms with Crippen LogP contribution in [0.25, 0.3) is 0 Å². The van der Waals surface area contributed by atoms with Crippen molar-refractivity contribution in [2.24, 2.45) is 0 Å². The van der Waals surface area contributed by atoms with Gasteiger partial charge in [-0.25, -0.2) is 0 Å². The first-order valence-electron chi connectivity index (χ1n) is 9.18. The van der Waals surface area contributed by atoms with Crippen LogP contribution in [0.1, 0.15) is 10.4 Å². The van der Waals surface area contributed by atoms with E-state index in [2.05, 4.69) is 10.2 Å². The third kappa shape index (κ3) is 5.12. The molecule has 0 radical (unpaired) electrons. The molecule has 1 amide bonds. The molecule has 0 unspecified atom stereocenters. The summed E-state index contributed by atoms with van der Waals surface area (Å²) in [7, 11) is 1.92. The maximum atomic E-state index is 13.0. The number of rotatable bonds is 6. The van der Waals surface area contributed by atoms with Crippen molar-refractivity contribution in [2.75, 3.05) is 59.1 Å². The predicted molar refractivity (Wildman–Crippen MR) is 113 cm³/mol. The minimum Gasteiger partial charge on any atom is -0.769 e. The summed E-state index contributed by atoms with van der Waals surface area (Å²) in [6, 6.07) is 7.32. The summed E-state index contributed by atoms with van der Waals surface area (Å²) in [5.74, 6) is -0.726. The highest BCUT2D eigenvalue weighted by Crippen LogP contribution is 2.37. The second-order valence-electron chi connectivity index (χ2n) is 6.97. The zero-order chi connectivity index (χ0) is 22.7. The molecule has 1 heterocycles. The fraction of sp³-hybridized carbons (Fsp3) is 0.278. The molecular weight excluding hydrogens is 412 g/mol. The Morgan fingerprint density at radius 1 is 0.968 bits per heavy atom. The van der Waals surface area contributed by atoms with Gasteiger partial charge < -0.3 is 41.2 Å². The highest BCUT2D eigenvalue weighted by Gasteiger charge is 2.26. The van der Waals surface area contributed by atoms with Gasteiger partial charge in [0.1, 0.15) is 5.69 Å². The number of carbonyl (C=O) groups is 1. The van der Waals surface area contributed by atoms with Gasteiger partial charge in [-0.2, -0.15) is 0 Å². The molecule has 0 spiro atoms. The van der Waals surface area contributed by atoms with Gasteiger partial charge >= 0.3 is 0 Å². The lowest BCUT2D eigenvalue weighted by Gasteiger charge is -2.40. The lowest BCUT2D eigenvalue weighted by molar-refractivity contribution is 0.0293. The number of piperazine rings is 1. The quantitative estimate of drug-likeness (QED) is 0.486. The number of amides is 1. The molecule has 1 aliphatic heterocycles. The molecule has 2 aromatic rings. The van der Waals surface area contributed by atoms with Gasteiger partial charge in [0.25, 0.3) is 5.91 Å². The van der Waals surface area contributed by atoms with Gasteiger partial charge in [-0.15, -0.1) is 5.23 Å². The summed E-state index contributed by atoms with van der Waals surface area (Å²) in [6.07, 6.45) is 0. The van der Waals surface area contributed by atoms with E-state index < -0.39 is 16.8 Å². The zero-order valence-electron chi connectivity index (χ0n) is 16.5. The number of carbonyl (C=O) groups excluding carboxylic acids is 1. The van der Waals surface area contributed by atoms with Crippen molar-refractivity contribution in [1.82, 2.24) is 4.90 Å². The molecule has 0 aliphatic carbocycles. The Bertz CT molecular complexity index is 914. The molecule has 4 N–H and O–H groups in total. The predicted octanol–water partition coefficient (Wildman–Crippen LogP) is 1.77. The maximum Gasteiger partial charge on any atom is 0.257 e. The molecule has 0 saturated carbocycles. The third-order valence-electron chi connectivity index (χ3n) is 4.91. The molecule has 13 nitrogen and oxygen atoms in total. The summed E-state index contributed by atoms with van der Waals surface area (Å²) < 4.78 is 0. The SMILES string of the molecule is CN1CCN(c2c(C(=O)Nc3ccc(N([O-])O)cc3)cc(N([O-])[O-])cc2N(O)O)CC1. The number of hydrogen-bond acceptors (Lipinski definition) is 12. The Hall–Kier alpha value is -3.17. The highest BCUT2D eigenvalue weighted by atomic mass is 16.8. The van der Waals surface area contributed by atoms with Crippen molar-refractivity contribution in [2.45, 2.75) is 0 Å². The van der Waals surface area contributed by atoms with Gasteiger partial charge in [-0.05, 0) is 43.4 Å². The average Bonchev–Trinajstić information content (AvgIpc) is 2.73. The normalized spacial score (nSPS) is 14.4. The van der Waals surface area contributed by atoms with Crippen molar-refractivity contribution in [3.05, 3.63) is 57.6 Å². The van der Waals surface area contributed by atoms with Crippen LogP contribution in [0.2, 0.25) is 0 Å². The molecule has 2 aromatic carbocycles. The van der Waals surface area contributed by atoms with Crippen LogP contribution in [0.3, 0.4) is 0 Å². The molecule has 3 rings (SSSR count). The minimum atomic E-state index is -0.740. The first-order valence-corrected chi connectivity index (χ1v) is 9.18. The smallest absolute Gasteiger partial charge is 0.257 e. The van der Waals surface area contributed by atoms with Crippen LogP contribution in [0.4, 0.5) is 28.4 Å². The highest BCUT2D eigenvalue weighted by molar-refractivity contribution is 6.11. The Labute approximate surface area is 177 Å². The lowest BCUT2D eigenvalue weighted by Crippen LogP contribution is -2.45. The van der Waals surface area contributed by atoms with E-state index in [4.69, 9.17) is 5.21 Å². The molecular formula is C18H21N6O7-3. The Kier molecular flexibility index (Phi) is 6.77. The van der Waals surface area contributed by atoms with Crippen LogP contribution < -0.4 is 25.9 Å². The van der Waals surface area contributed by atoms with Crippen molar-refractivity contribution in [3.63, 3.8) is 0 Å². The van der Waals surface area contributed by atoms with Crippen LogP contribution in [0, 0.1) is 15.6 Å². The van der Waals surface area contributed by atoms with Gasteiger partial charge in [0, 0.05) is 37.6 Å². The molecule has 0 bridgehead atoms. The number of nitrogens with zero attached hydrogens (tertiary/aromatic N) is 5. The number of nitrogens with one attached hydrogen (secondary N) is 1. The van der Waals surface area contributed by atoms with Gasteiger partial charge in [-0.3, -0.25) is 20.4 Å². The monoisotopic (exact) mass is 433 g/mol. The average molecular weight is 433 g/mol. The number of likely N-dealkylation sites (N-methyl/N-ethyl adjacent to an activating group) is 1. The van der Waals surface area contributed by atoms with Crippen molar-refractivity contribution in [1.29, 1.82) is 0 Å². The first kappa shape index (κ1) is 22.5. The number of anilines is 5. The van der Waals surface area contributed by atoms with Crippen LogP contribution in [-0.2, 0) is 0 Å². The summed E-state index contributed by atoms with van der Waals surface area (Å²) in [4.78, 5) is 16.8. The summed E-state index contributed by atoms with van der Waals surface area (Å²) in [6.45, 7) is 2.20. The van der Waals surface area contributed by atoms with E-state index >= 15 is 0 Å². The van der Waals surface area contributed by atoms with Gasteiger partial charge in [-0.1, -0.05) is 0 Å². The van der Waals surface area contributed by atoms with E-state index in [1.165, 1.54) is 24.3 Å². The Balaban J connectivity index is 2.02. The van der Waals surface area contributed by atoms with E-state index in [0.717, 1.165) is 12.1 Å². The fourth-order valence-electron chi connectivity index (χ4n) is 3.27. The first-order chi connectivity index (χ1) is 14.7. The van der Waals surface area contributed by atoms with Crippen molar-refractivity contribution in [3.8, 4) is 0 Å². The van der Waals surface area contributed by atoms with E-state index in [1.54, 1.807) is 4.90 Å². The molecule has 0 atom stereocenters. The second-order valence-corrected chi connectivity index (χ2v) is 6.97. The largest absolute Gasteiger partial charge is 0.769 e. The molecule has 168 valence electrons. The minimum absolute atomic E-state index is 0.0510. The molecule has 1 aliphatic rings. The van der Waals surface area contributed by atoms with E-state index in [0.29, 0.717) is 26.2 Å². The van der Waals surface area contributed by atoms with Gasteiger partial charge in [0.15, 0.2) is 0 Å². The summed E-state index contributed by atoms with van der Waals surface area (Å²) >= 11 is 0. The molecule has 1 saturated heterocycles. The van der Waals surface area contributed by atoms with Crippen molar-refractivity contribution < 1.29 is 20.4 Å². The molecule has 0 aromatic heterocycles. The topological polar surface area (TPSA) is 175 Å². The number of benzene rings is 2. The molecule has 1 fully saturated rings. The van der Waals surface area contributed by atoms with Gasteiger partial charge in [0.2, 0.25) is 0 Å².